The van der Waals surface area contributed by atoms with Crippen LogP contribution in [0.15, 0.2) is 31.6 Å². The molecule has 0 unspecified atom stereocenters. The minimum Gasteiger partial charge on any atom is -0.393 e. The zero-order valence-electron chi connectivity index (χ0n) is 18.5. The molecule has 34 heavy (non-hydrogen) atoms. The van der Waals surface area contributed by atoms with Crippen molar-refractivity contribution in [2.75, 3.05) is 13.2 Å². The van der Waals surface area contributed by atoms with Gasteiger partial charge in [-0.2, -0.15) is 0 Å². The van der Waals surface area contributed by atoms with Crippen LogP contribution in [0.4, 0.5) is 0 Å². The quantitative estimate of drug-likeness (QED) is 0.271. The van der Waals surface area contributed by atoms with E-state index < -0.39 is 65.7 Å². The van der Waals surface area contributed by atoms with Crippen LogP contribution in [-0.2, 0) is 14.2 Å². The van der Waals surface area contributed by atoms with Crippen molar-refractivity contribution in [1.82, 2.24) is 19.1 Å². The number of aromatic nitrogens is 4. The maximum absolute atomic E-state index is 12.2. The van der Waals surface area contributed by atoms with E-state index in [4.69, 9.17) is 14.2 Å². The molecular formula is C20H26N4O10. The summed E-state index contributed by atoms with van der Waals surface area (Å²) in [6.07, 6.45) is -2.73. The number of hydrogen-bond acceptors (Lipinski definition) is 10. The van der Waals surface area contributed by atoms with Crippen molar-refractivity contribution in [2.45, 2.75) is 63.2 Å². The molecule has 14 nitrogen and oxygen atoms in total. The first kappa shape index (κ1) is 24.3. The number of aliphatic hydroxyl groups is 3. The van der Waals surface area contributed by atoms with E-state index in [-0.39, 0.29) is 25.0 Å². The highest BCUT2D eigenvalue weighted by Gasteiger charge is 2.50. The van der Waals surface area contributed by atoms with E-state index in [1.54, 1.807) is 0 Å². The second-order valence-corrected chi connectivity index (χ2v) is 8.51. The Morgan fingerprint density at radius 2 is 1.59 bits per heavy atom. The van der Waals surface area contributed by atoms with Crippen molar-refractivity contribution in [3.63, 3.8) is 0 Å². The van der Waals surface area contributed by atoms with Gasteiger partial charge in [0.05, 0.1) is 19.3 Å². The Kier molecular flexibility index (Phi) is 6.46. The van der Waals surface area contributed by atoms with Gasteiger partial charge in [0.25, 0.3) is 11.1 Å². The second kappa shape index (κ2) is 9.05. The van der Waals surface area contributed by atoms with Crippen molar-refractivity contribution in [3.05, 3.63) is 65.2 Å². The van der Waals surface area contributed by atoms with E-state index in [1.165, 1.54) is 26.2 Å². The van der Waals surface area contributed by atoms with E-state index in [1.807, 2.05) is 0 Å². The normalized spacial score (nSPS) is 31.3. The maximum atomic E-state index is 12.2. The first-order valence-electron chi connectivity index (χ1n) is 10.6. The fourth-order valence-electron chi connectivity index (χ4n) is 4.09. The van der Waals surface area contributed by atoms with Crippen molar-refractivity contribution < 1.29 is 29.5 Å². The molecule has 2 fully saturated rings. The fraction of sp³-hybridized carbons (Fsp3) is 0.600. The molecule has 4 rings (SSSR count). The zero-order chi connectivity index (χ0) is 24.8. The summed E-state index contributed by atoms with van der Waals surface area (Å²) in [6, 6.07) is 0. The second-order valence-electron chi connectivity index (χ2n) is 8.51. The third-order valence-electron chi connectivity index (χ3n) is 6.07. The van der Waals surface area contributed by atoms with E-state index in [9.17, 15) is 34.5 Å². The average molecular weight is 482 g/mol. The topological polar surface area (TPSA) is 198 Å². The van der Waals surface area contributed by atoms with Crippen LogP contribution in [0.2, 0.25) is 0 Å². The van der Waals surface area contributed by atoms with Gasteiger partial charge in [-0.3, -0.25) is 28.7 Å². The Morgan fingerprint density at radius 1 is 1.03 bits per heavy atom. The molecule has 6 atom stereocenters. The molecule has 14 heteroatoms. The van der Waals surface area contributed by atoms with Gasteiger partial charge in [0.1, 0.15) is 24.7 Å². The summed E-state index contributed by atoms with van der Waals surface area (Å²) in [6.45, 7) is 2.07. The molecule has 0 aromatic carbocycles. The monoisotopic (exact) mass is 482 g/mol. The van der Waals surface area contributed by atoms with Crippen LogP contribution in [-0.4, -0.2) is 71.7 Å². The minimum atomic E-state index is -2.03. The molecule has 5 N–H and O–H groups in total. The Bertz CT molecular complexity index is 1300. The summed E-state index contributed by atoms with van der Waals surface area (Å²) in [5, 5.41) is 31.1. The van der Waals surface area contributed by atoms with E-state index in [2.05, 4.69) is 9.97 Å². The van der Waals surface area contributed by atoms with Gasteiger partial charge in [0, 0.05) is 36.4 Å². The smallest absolute Gasteiger partial charge is 0.330 e. The summed E-state index contributed by atoms with van der Waals surface area (Å²) in [4.78, 5) is 51.8. The highest BCUT2D eigenvalue weighted by atomic mass is 16.7. The number of nitrogens with one attached hydrogen (secondary N) is 2. The average Bonchev–Trinajstić information content (AvgIpc) is 3.31. The van der Waals surface area contributed by atoms with Gasteiger partial charge < -0.3 is 29.5 Å². The molecule has 0 spiro atoms. The largest absolute Gasteiger partial charge is 0.393 e. The van der Waals surface area contributed by atoms with Gasteiger partial charge in [-0.25, -0.2) is 9.59 Å². The van der Waals surface area contributed by atoms with Crippen LogP contribution in [0, 0.1) is 13.8 Å². The summed E-state index contributed by atoms with van der Waals surface area (Å²) >= 11 is 0. The Labute approximate surface area is 191 Å². The van der Waals surface area contributed by atoms with E-state index in [0.29, 0.717) is 5.56 Å². The van der Waals surface area contributed by atoms with Gasteiger partial charge in [0.2, 0.25) is 0 Å². The van der Waals surface area contributed by atoms with Gasteiger partial charge >= 0.3 is 11.4 Å². The molecule has 2 aromatic rings. The van der Waals surface area contributed by atoms with Crippen molar-refractivity contribution in [3.8, 4) is 0 Å². The van der Waals surface area contributed by atoms with Gasteiger partial charge in [-0.05, 0) is 13.8 Å². The highest BCUT2D eigenvalue weighted by molar-refractivity contribution is 5.03. The van der Waals surface area contributed by atoms with E-state index >= 15 is 0 Å². The first-order valence-corrected chi connectivity index (χ1v) is 10.6. The number of ether oxygens (including phenoxy) is 3. The van der Waals surface area contributed by atoms with E-state index in [0.717, 1.165) is 9.13 Å². The third-order valence-corrected chi connectivity index (χ3v) is 6.07. The Balaban J connectivity index is 1.47. The highest BCUT2D eigenvalue weighted by Crippen LogP contribution is 2.38. The predicted molar refractivity (Wildman–Crippen MR) is 113 cm³/mol. The van der Waals surface area contributed by atoms with Gasteiger partial charge in [-0.15, -0.1) is 0 Å². The van der Waals surface area contributed by atoms with Crippen LogP contribution < -0.4 is 22.5 Å². The lowest BCUT2D eigenvalue weighted by molar-refractivity contribution is -0.250. The van der Waals surface area contributed by atoms with Gasteiger partial charge in [-0.1, -0.05) is 0 Å². The number of nitrogens with zero attached hydrogens (tertiary/aromatic N) is 2. The fourth-order valence-corrected chi connectivity index (χ4v) is 4.09. The predicted octanol–water partition coefficient (Wildman–Crippen LogP) is -2.66. The van der Waals surface area contributed by atoms with Crippen LogP contribution >= 0.6 is 0 Å². The lowest BCUT2D eigenvalue weighted by atomic mass is 10.1. The molecule has 2 saturated heterocycles. The molecule has 4 heterocycles. The van der Waals surface area contributed by atoms with Crippen LogP contribution in [0.1, 0.15) is 36.4 Å². The van der Waals surface area contributed by atoms with Crippen molar-refractivity contribution >= 4 is 0 Å². The number of H-pyrrole nitrogens is 2. The lowest BCUT2D eigenvalue weighted by Gasteiger charge is -2.29. The Morgan fingerprint density at radius 3 is 2.15 bits per heavy atom. The molecule has 2 aromatic heterocycles. The van der Waals surface area contributed by atoms with Crippen LogP contribution in [0.3, 0.4) is 0 Å². The van der Waals surface area contributed by atoms with Crippen LogP contribution in [0.5, 0.6) is 0 Å². The number of hydrogen-bond donors (Lipinski definition) is 5. The number of aromatic amines is 2. The molecule has 0 aliphatic carbocycles. The molecule has 186 valence electrons. The number of rotatable bonds is 6. The number of aliphatic hydroxyl groups excluding tert-OH is 2. The van der Waals surface area contributed by atoms with Crippen LogP contribution in [0.25, 0.3) is 0 Å². The van der Waals surface area contributed by atoms with Crippen molar-refractivity contribution in [2.24, 2.45) is 0 Å². The SMILES string of the molecule is Cc1cn([C@H]2C[C@H](O)[C@@H](CO[C@@]3(O)C[C@H](n4cc(C)c(=O)[nH]c4=O)O[C@@H]3CO)O2)c(=O)[nH]c1=O. The molecule has 2 aliphatic heterocycles. The third kappa shape index (κ3) is 4.43. The molecule has 0 saturated carbocycles. The minimum absolute atomic E-state index is 0.0342. The first-order chi connectivity index (χ1) is 16.0. The standard InChI is InChI=1S/C20H26N4O10/c1-9-5-23(18(29)21-16(9)27)14-3-11(26)12(33-14)8-32-20(31)4-15(34-13(20)7-25)24-6-10(2)17(28)22-19(24)30/h5-6,11-15,25-26,31H,3-4,7-8H2,1-2H3,(H,21,27,29)(H,22,28,30)/t11-,12+,13+,14+,15+,20-/m0/s1. The molecule has 2 aliphatic rings. The summed E-state index contributed by atoms with van der Waals surface area (Å²) < 4.78 is 19.2. The summed E-state index contributed by atoms with van der Waals surface area (Å²) in [7, 11) is 0. The summed E-state index contributed by atoms with van der Waals surface area (Å²) in [5.41, 5.74) is -1.98. The van der Waals surface area contributed by atoms with Gasteiger partial charge in [0.15, 0.2) is 5.79 Å². The maximum Gasteiger partial charge on any atom is 0.330 e. The summed E-state index contributed by atoms with van der Waals surface area (Å²) in [5.74, 6) is -2.03. The molecule has 0 bridgehead atoms. The number of aryl methyl sites for hydroxylation is 2. The molecule has 0 radical (unpaired) electrons. The molecular weight excluding hydrogens is 456 g/mol. The lowest BCUT2D eigenvalue weighted by Crippen LogP contribution is -2.45. The zero-order valence-corrected chi connectivity index (χ0v) is 18.5. The Hall–Kier alpha value is -2.88. The molecule has 0 amide bonds. The van der Waals surface area contributed by atoms with Crippen molar-refractivity contribution in [1.29, 1.82) is 0 Å².